The molecule has 2 heterocycles. The van der Waals surface area contributed by atoms with E-state index in [-0.39, 0.29) is 5.41 Å². The molecular weight excluding hydrogens is 665 g/mol. The summed E-state index contributed by atoms with van der Waals surface area (Å²) in [6.07, 6.45) is 4.17. The normalized spacial score (nSPS) is 18.8. The van der Waals surface area contributed by atoms with Crippen LogP contribution in [-0.4, -0.2) is 0 Å². The topological polar surface area (TPSA) is 0 Å². The lowest BCUT2D eigenvalue weighted by Gasteiger charge is -2.22. The third kappa shape index (κ3) is 4.53. The molecule has 3 aliphatic rings. The van der Waals surface area contributed by atoms with E-state index < -0.39 is 0 Å². The molecule has 0 radical (unpaired) electrons. The molecule has 0 nitrogen and oxygen atoms in total. The molecule has 246 valence electrons. The van der Waals surface area contributed by atoms with Crippen LogP contribution in [0.1, 0.15) is 69.9 Å². The summed E-state index contributed by atoms with van der Waals surface area (Å²) in [5.74, 6) is 1.26. The molecule has 3 aliphatic carbocycles. The molecule has 6 aromatic carbocycles. The fourth-order valence-corrected chi connectivity index (χ4v) is 11.7. The summed E-state index contributed by atoms with van der Waals surface area (Å²) in [6, 6.07) is 52.8. The van der Waals surface area contributed by atoms with E-state index >= 15 is 0 Å². The highest BCUT2D eigenvalue weighted by atomic mass is 32.1. The fraction of sp³-hybridized carbons (Fsp3) is 0.120. The van der Waals surface area contributed by atoms with Crippen molar-refractivity contribution in [3.05, 3.63) is 189 Å². The Balaban J connectivity index is 0.950. The van der Waals surface area contributed by atoms with Gasteiger partial charge in [0.15, 0.2) is 0 Å². The number of fused-ring (bicyclic) bond motifs is 8. The van der Waals surface area contributed by atoms with E-state index in [2.05, 4.69) is 177 Å². The molecule has 8 aromatic rings. The third-order valence-electron chi connectivity index (χ3n) is 11.9. The molecule has 2 heteroatoms. The molecule has 0 amide bonds. The minimum atomic E-state index is -0.0318. The first-order valence-electron chi connectivity index (χ1n) is 18.2. The predicted molar refractivity (Wildman–Crippen MR) is 223 cm³/mol. The lowest BCUT2D eigenvalue weighted by Crippen LogP contribution is -2.15. The summed E-state index contributed by atoms with van der Waals surface area (Å²) < 4.78 is 2.72. The van der Waals surface area contributed by atoms with Gasteiger partial charge in [0.25, 0.3) is 0 Å². The smallest absolute Gasteiger partial charge is 0.0445 e. The predicted octanol–water partition coefficient (Wildman–Crippen LogP) is 14.2. The van der Waals surface area contributed by atoms with E-state index in [1.807, 2.05) is 22.7 Å². The summed E-state index contributed by atoms with van der Waals surface area (Å²) in [5, 5.41) is 2.74. The van der Waals surface area contributed by atoms with Gasteiger partial charge in [-0.15, -0.1) is 22.7 Å². The molecule has 0 bridgehead atoms. The largest absolute Gasteiger partial charge is 0.135 e. The number of thiophene rings is 2. The molecule has 1 saturated carbocycles. The molecule has 2 aromatic heterocycles. The van der Waals surface area contributed by atoms with Crippen molar-refractivity contribution >= 4 is 55.0 Å². The Morgan fingerprint density at radius 2 is 1.10 bits per heavy atom. The SMILES string of the molecule is CC1(C)c2cc(-c3ccc(C4C(c5ccc(-c6ccccc6)cc5)C4c4ccc5sc6c(c5c4)C=C=C=C6)cc3)ccc2-c2sc3ccccc3c21. The van der Waals surface area contributed by atoms with Crippen LogP contribution in [0.25, 0.3) is 65.0 Å². The first-order valence-corrected chi connectivity index (χ1v) is 19.8. The van der Waals surface area contributed by atoms with Crippen LogP contribution in [0.15, 0.2) is 151 Å². The van der Waals surface area contributed by atoms with E-state index in [0.29, 0.717) is 17.8 Å². The second-order valence-electron chi connectivity index (χ2n) is 15.1. The van der Waals surface area contributed by atoms with E-state index in [1.165, 1.54) is 91.1 Å². The molecule has 0 spiro atoms. The number of rotatable bonds is 5. The van der Waals surface area contributed by atoms with Crippen molar-refractivity contribution in [2.75, 3.05) is 0 Å². The quantitative estimate of drug-likeness (QED) is 0.157. The van der Waals surface area contributed by atoms with E-state index in [0.717, 1.165) is 0 Å². The van der Waals surface area contributed by atoms with E-state index in [1.54, 1.807) is 0 Å². The molecule has 3 atom stereocenters. The van der Waals surface area contributed by atoms with Crippen molar-refractivity contribution < 1.29 is 0 Å². The minimum absolute atomic E-state index is 0.0318. The molecule has 52 heavy (non-hydrogen) atoms. The average Bonchev–Trinajstić information content (AvgIpc) is 3.52. The average molecular weight is 699 g/mol. The molecule has 1 fully saturated rings. The highest BCUT2D eigenvalue weighted by molar-refractivity contribution is 7.22. The van der Waals surface area contributed by atoms with Crippen LogP contribution < -0.4 is 0 Å². The highest BCUT2D eigenvalue weighted by Crippen LogP contribution is 2.66. The molecule has 0 N–H and O–H groups in total. The van der Waals surface area contributed by atoms with Crippen LogP contribution in [0.5, 0.6) is 0 Å². The van der Waals surface area contributed by atoms with E-state index in [9.17, 15) is 0 Å². The highest BCUT2D eigenvalue weighted by Gasteiger charge is 2.52. The zero-order chi connectivity index (χ0) is 34.6. The second-order valence-corrected chi connectivity index (χ2v) is 17.2. The van der Waals surface area contributed by atoms with Crippen molar-refractivity contribution in [1.29, 1.82) is 0 Å². The van der Waals surface area contributed by atoms with Crippen molar-refractivity contribution in [3.63, 3.8) is 0 Å². The summed E-state index contributed by atoms with van der Waals surface area (Å²) in [5.41, 5.74) is 21.3. The summed E-state index contributed by atoms with van der Waals surface area (Å²) in [4.78, 5) is 2.72. The zero-order valence-electron chi connectivity index (χ0n) is 29.0. The van der Waals surface area contributed by atoms with Gasteiger partial charge in [-0.3, -0.25) is 0 Å². The van der Waals surface area contributed by atoms with Crippen LogP contribution in [0.3, 0.4) is 0 Å². The maximum atomic E-state index is 3.20. The van der Waals surface area contributed by atoms with Crippen molar-refractivity contribution in [2.24, 2.45) is 0 Å². The lowest BCUT2D eigenvalue weighted by molar-refractivity contribution is 0.667. The van der Waals surface area contributed by atoms with Crippen LogP contribution in [0.2, 0.25) is 0 Å². The second kappa shape index (κ2) is 11.3. The van der Waals surface area contributed by atoms with Crippen LogP contribution >= 0.6 is 22.7 Å². The Hall–Kier alpha value is -5.46. The Kier molecular flexibility index (Phi) is 6.54. The monoisotopic (exact) mass is 698 g/mol. The van der Waals surface area contributed by atoms with E-state index in [4.69, 9.17) is 0 Å². The summed E-state index contributed by atoms with van der Waals surface area (Å²) in [6.45, 7) is 4.80. The van der Waals surface area contributed by atoms with Gasteiger partial charge >= 0.3 is 0 Å². The lowest BCUT2D eigenvalue weighted by atomic mass is 9.80. The van der Waals surface area contributed by atoms with Gasteiger partial charge in [0.05, 0.1) is 0 Å². The van der Waals surface area contributed by atoms with Crippen LogP contribution in [0, 0.1) is 0 Å². The van der Waals surface area contributed by atoms with Crippen molar-refractivity contribution in [2.45, 2.75) is 37.0 Å². The van der Waals surface area contributed by atoms with Crippen molar-refractivity contribution in [3.8, 4) is 32.7 Å². The fourth-order valence-electron chi connectivity index (χ4n) is 9.25. The molecule has 0 saturated heterocycles. The Morgan fingerprint density at radius 1 is 0.500 bits per heavy atom. The number of benzene rings is 6. The van der Waals surface area contributed by atoms with Gasteiger partial charge in [0, 0.05) is 41.6 Å². The molecule has 11 rings (SSSR count). The maximum absolute atomic E-state index is 3.20. The Labute approximate surface area is 312 Å². The van der Waals surface area contributed by atoms with Crippen LogP contribution in [0.4, 0.5) is 0 Å². The molecule has 0 aliphatic heterocycles. The van der Waals surface area contributed by atoms with Gasteiger partial charge in [-0.25, -0.2) is 0 Å². The first-order chi connectivity index (χ1) is 25.5. The molecular formula is C50H34S2. The number of hydrogen-bond acceptors (Lipinski definition) is 2. The van der Waals surface area contributed by atoms with Gasteiger partial charge in [0.2, 0.25) is 0 Å². The van der Waals surface area contributed by atoms with Crippen molar-refractivity contribution in [1.82, 2.24) is 0 Å². The van der Waals surface area contributed by atoms with Gasteiger partial charge < -0.3 is 0 Å². The zero-order valence-corrected chi connectivity index (χ0v) is 30.6. The maximum Gasteiger partial charge on any atom is 0.0445 e. The standard InChI is InChI=1S/C50H34S2/c1-50(2)41-29-35(24-26-38(41)49-48(50)39-13-7-9-15-43(39)52-49)32-18-22-34(23-19-32)46-45(33-20-16-31(17-21-33)30-10-4-3-5-11-30)47(46)36-25-27-44-40(28-36)37-12-6-8-14-42(37)51-44/h3-5,7,9-29,45-47H,1-2H3. The summed E-state index contributed by atoms with van der Waals surface area (Å²) >= 11 is 3.79. The third-order valence-corrected chi connectivity index (χ3v) is 14.2. The van der Waals surface area contributed by atoms with Crippen LogP contribution in [-0.2, 0) is 5.41 Å². The molecule has 3 unspecified atom stereocenters. The Bertz CT molecular complexity index is 2830. The van der Waals surface area contributed by atoms with Gasteiger partial charge in [-0.1, -0.05) is 141 Å². The first kappa shape index (κ1) is 30.2. The Morgan fingerprint density at radius 3 is 1.87 bits per heavy atom. The summed E-state index contributed by atoms with van der Waals surface area (Å²) in [7, 11) is 0. The minimum Gasteiger partial charge on any atom is -0.135 e. The van der Waals surface area contributed by atoms with Gasteiger partial charge in [0.1, 0.15) is 0 Å². The van der Waals surface area contributed by atoms with Gasteiger partial charge in [-0.05, 0) is 109 Å². The van der Waals surface area contributed by atoms with Gasteiger partial charge in [-0.2, -0.15) is 0 Å². The number of hydrogen-bond donors (Lipinski definition) is 0.